The minimum atomic E-state index is -1.14. The summed E-state index contributed by atoms with van der Waals surface area (Å²) in [5, 5.41) is 11.6. The lowest BCUT2D eigenvalue weighted by molar-refractivity contribution is -0.255. The monoisotopic (exact) mass is 248 g/mol. The number of hydrogen-bond donors (Lipinski definition) is 0. The van der Waals surface area contributed by atoms with Crippen molar-refractivity contribution < 1.29 is 9.90 Å². The molecule has 2 rings (SSSR count). The molecular weight excluding hydrogens is 234 g/mol. The van der Waals surface area contributed by atoms with E-state index in [-0.39, 0.29) is 5.56 Å². The van der Waals surface area contributed by atoms with Crippen LogP contribution in [0.5, 0.6) is 0 Å². The van der Waals surface area contributed by atoms with Crippen LogP contribution in [-0.4, -0.2) is 16.7 Å². The van der Waals surface area contributed by atoms with Gasteiger partial charge in [-0.15, -0.1) is 18.3 Å². The Morgan fingerprint density at radius 3 is 3.00 bits per heavy atom. The molecule has 3 nitrogen and oxygen atoms in total. The van der Waals surface area contributed by atoms with Crippen molar-refractivity contribution in [1.29, 1.82) is 0 Å². The maximum Gasteiger partial charge on any atom is 0.106 e. The lowest BCUT2D eigenvalue weighted by Crippen LogP contribution is -2.24. The Morgan fingerprint density at radius 1 is 1.53 bits per heavy atom. The summed E-state index contributed by atoms with van der Waals surface area (Å²) in [6.45, 7) is 3.63. The van der Waals surface area contributed by atoms with Crippen molar-refractivity contribution in [2.45, 2.75) is 30.7 Å². The Kier molecular flexibility index (Phi) is 3.84. The second kappa shape index (κ2) is 5.36. The maximum absolute atomic E-state index is 11.1. The van der Waals surface area contributed by atoms with Gasteiger partial charge in [-0.1, -0.05) is 6.08 Å². The molecule has 1 aliphatic carbocycles. The van der Waals surface area contributed by atoms with Crippen LogP contribution in [0.4, 0.5) is 0 Å². The Labute approximate surface area is 105 Å². The molecule has 17 heavy (non-hydrogen) atoms. The smallest absolute Gasteiger partial charge is 0.106 e. The predicted octanol–water partition coefficient (Wildman–Crippen LogP) is 1.60. The van der Waals surface area contributed by atoms with Crippen molar-refractivity contribution in [2.75, 3.05) is 5.75 Å². The fourth-order valence-corrected chi connectivity index (χ4v) is 2.76. The van der Waals surface area contributed by atoms with Gasteiger partial charge in [-0.25, -0.2) is 4.98 Å². The number of aromatic carboxylic acids is 1. The highest BCUT2D eigenvalue weighted by atomic mass is 32.2. The Hall–Kier alpha value is -1.29. The number of carbonyl (C=O) groups is 1. The summed E-state index contributed by atoms with van der Waals surface area (Å²) >= 11 is 1.40. The van der Waals surface area contributed by atoms with Crippen LogP contribution < -0.4 is 5.11 Å². The molecule has 0 amide bonds. The number of carboxylic acid groups (broad SMARTS) is 1. The Morgan fingerprint density at radius 2 is 2.29 bits per heavy atom. The quantitative estimate of drug-likeness (QED) is 0.600. The van der Waals surface area contributed by atoms with Crippen LogP contribution in [0.15, 0.2) is 23.7 Å². The SMILES string of the molecule is C=CCSc1nc2c(cc1C(=O)[O-])CCCC2. The zero-order chi connectivity index (χ0) is 12.3. The molecule has 0 N–H and O–H groups in total. The van der Waals surface area contributed by atoms with E-state index in [1.165, 1.54) is 11.8 Å². The van der Waals surface area contributed by atoms with Crippen LogP contribution >= 0.6 is 11.8 Å². The van der Waals surface area contributed by atoms with Crippen molar-refractivity contribution >= 4 is 17.7 Å². The first kappa shape index (κ1) is 12.2. The number of fused-ring (bicyclic) bond motifs is 1. The topological polar surface area (TPSA) is 53.0 Å². The van der Waals surface area contributed by atoms with Crippen LogP contribution in [0, 0.1) is 0 Å². The highest BCUT2D eigenvalue weighted by Gasteiger charge is 2.15. The molecule has 0 saturated carbocycles. The van der Waals surface area contributed by atoms with E-state index in [1.54, 1.807) is 12.1 Å². The van der Waals surface area contributed by atoms with E-state index in [2.05, 4.69) is 11.6 Å². The summed E-state index contributed by atoms with van der Waals surface area (Å²) in [5.74, 6) is -0.482. The van der Waals surface area contributed by atoms with E-state index in [0.29, 0.717) is 10.8 Å². The number of carboxylic acids is 1. The van der Waals surface area contributed by atoms with E-state index < -0.39 is 5.97 Å². The molecule has 0 aromatic carbocycles. The van der Waals surface area contributed by atoms with Crippen LogP contribution in [-0.2, 0) is 12.8 Å². The number of nitrogens with zero attached hydrogens (tertiary/aromatic N) is 1. The van der Waals surface area contributed by atoms with Crippen LogP contribution in [0.1, 0.15) is 34.5 Å². The lowest BCUT2D eigenvalue weighted by Gasteiger charge is -2.18. The molecule has 1 aromatic heterocycles. The predicted molar refractivity (Wildman–Crippen MR) is 66.1 cm³/mol. The normalized spacial score (nSPS) is 14.1. The van der Waals surface area contributed by atoms with Crippen LogP contribution in [0.25, 0.3) is 0 Å². The summed E-state index contributed by atoms with van der Waals surface area (Å²) in [7, 11) is 0. The molecule has 0 atom stereocenters. The van der Waals surface area contributed by atoms with Gasteiger partial charge in [0.2, 0.25) is 0 Å². The van der Waals surface area contributed by atoms with Gasteiger partial charge in [-0.2, -0.15) is 0 Å². The lowest BCUT2D eigenvalue weighted by atomic mass is 9.95. The largest absolute Gasteiger partial charge is 0.545 e. The van der Waals surface area contributed by atoms with E-state index >= 15 is 0 Å². The summed E-state index contributed by atoms with van der Waals surface area (Å²) in [6, 6.07) is 1.74. The number of pyridine rings is 1. The van der Waals surface area contributed by atoms with E-state index in [4.69, 9.17) is 0 Å². The number of rotatable bonds is 4. The van der Waals surface area contributed by atoms with Crippen molar-refractivity contribution in [3.8, 4) is 0 Å². The molecule has 1 heterocycles. The third-order valence-corrected chi connectivity index (χ3v) is 3.81. The fraction of sp³-hybridized carbons (Fsp3) is 0.385. The van der Waals surface area contributed by atoms with Crippen molar-refractivity contribution in [3.05, 3.63) is 35.5 Å². The van der Waals surface area contributed by atoms with Gasteiger partial charge >= 0.3 is 0 Å². The summed E-state index contributed by atoms with van der Waals surface area (Å²) in [5.41, 5.74) is 2.34. The maximum atomic E-state index is 11.1. The molecular formula is C13H14NO2S-. The van der Waals surface area contributed by atoms with E-state index in [0.717, 1.165) is 36.9 Å². The molecule has 4 heteroatoms. The first-order valence-corrected chi connectivity index (χ1v) is 6.68. The number of hydrogen-bond acceptors (Lipinski definition) is 4. The van der Waals surface area contributed by atoms with Gasteiger partial charge in [0, 0.05) is 17.0 Å². The third kappa shape index (κ3) is 2.69. The van der Waals surface area contributed by atoms with Crippen LogP contribution in [0.2, 0.25) is 0 Å². The third-order valence-electron chi connectivity index (χ3n) is 2.82. The van der Waals surface area contributed by atoms with Crippen LogP contribution in [0.3, 0.4) is 0 Å². The standard InChI is InChI=1S/C13H15NO2S/c1-2-7-17-12-10(13(15)16)8-9-5-3-4-6-11(9)14-12/h2,8H,1,3-7H2,(H,15,16)/p-1. The van der Waals surface area contributed by atoms with Gasteiger partial charge in [-0.3, -0.25) is 0 Å². The number of aromatic nitrogens is 1. The first-order chi connectivity index (χ1) is 8.22. The second-order valence-corrected chi connectivity index (χ2v) is 5.05. The molecule has 0 aliphatic heterocycles. The van der Waals surface area contributed by atoms with Crippen molar-refractivity contribution in [1.82, 2.24) is 4.98 Å². The Balaban J connectivity index is 2.40. The molecule has 90 valence electrons. The average molecular weight is 248 g/mol. The van der Waals surface area contributed by atoms with E-state index in [9.17, 15) is 9.90 Å². The number of thioether (sulfide) groups is 1. The van der Waals surface area contributed by atoms with Gasteiger partial charge in [0.15, 0.2) is 0 Å². The van der Waals surface area contributed by atoms with Crippen molar-refractivity contribution in [2.24, 2.45) is 0 Å². The van der Waals surface area contributed by atoms with Gasteiger partial charge in [-0.05, 0) is 37.3 Å². The highest BCUT2D eigenvalue weighted by molar-refractivity contribution is 7.99. The molecule has 0 bridgehead atoms. The highest BCUT2D eigenvalue weighted by Crippen LogP contribution is 2.27. The molecule has 0 saturated heterocycles. The number of aryl methyl sites for hydroxylation is 2. The molecule has 0 spiro atoms. The summed E-state index contributed by atoms with van der Waals surface area (Å²) in [6.07, 6.45) is 5.86. The molecule has 0 unspecified atom stereocenters. The van der Waals surface area contributed by atoms with Crippen molar-refractivity contribution in [3.63, 3.8) is 0 Å². The average Bonchev–Trinajstić information content (AvgIpc) is 2.35. The molecule has 1 aliphatic rings. The van der Waals surface area contributed by atoms with Gasteiger partial charge in [0.25, 0.3) is 0 Å². The van der Waals surface area contributed by atoms with Gasteiger partial charge < -0.3 is 9.90 Å². The molecule has 1 aromatic rings. The molecule has 0 fully saturated rings. The van der Waals surface area contributed by atoms with E-state index in [1.807, 2.05) is 0 Å². The van der Waals surface area contributed by atoms with Gasteiger partial charge in [0.1, 0.15) is 5.03 Å². The first-order valence-electron chi connectivity index (χ1n) is 5.70. The van der Waals surface area contributed by atoms with Gasteiger partial charge in [0.05, 0.1) is 5.97 Å². The summed E-state index contributed by atoms with van der Waals surface area (Å²) in [4.78, 5) is 15.5. The summed E-state index contributed by atoms with van der Waals surface area (Å²) < 4.78 is 0. The minimum Gasteiger partial charge on any atom is -0.545 e. The zero-order valence-electron chi connectivity index (χ0n) is 9.57. The zero-order valence-corrected chi connectivity index (χ0v) is 10.4. The Bertz CT molecular complexity index is 457. The second-order valence-electron chi connectivity index (χ2n) is 4.04. The molecule has 0 radical (unpaired) electrons. The minimum absolute atomic E-state index is 0.220. The fourth-order valence-electron chi connectivity index (χ4n) is 2.01. The number of carbonyl (C=O) groups excluding carboxylic acids is 1.